The molecule has 1 fully saturated rings. The van der Waals surface area contributed by atoms with E-state index in [-0.39, 0.29) is 0 Å². The first-order valence-corrected chi connectivity index (χ1v) is 5.87. The highest BCUT2D eigenvalue weighted by molar-refractivity contribution is 5.27. The molecular formula is C13H20N2O. The second kappa shape index (κ2) is 5.32. The van der Waals surface area contributed by atoms with E-state index >= 15 is 0 Å². The van der Waals surface area contributed by atoms with Gasteiger partial charge in [0, 0.05) is 32.2 Å². The Morgan fingerprint density at radius 3 is 2.75 bits per heavy atom. The second-order valence-corrected chi connectivity index (χ2v) is 4.37. The van der Waals surface area contributed by atoms with Crippen LogP contribution in [0.25, 0.3) is 0 Å². The van der Waals surface area contributed by atoms with E-state index in [9.17, 15) is 0 Å². The van der Waals surface area contributed by atoms with Gasteiger partial charge in [0.2, 0.25) is 0 Å². The Balaban J connectivity index is 1.96. The molecule has 3 nitrogen and oxygen atoms in total. The number of nitrogens with zero attached hydrogens (tertiary/aromatic N) is 1. The summed E-state index contributed by atoms with van der Waals surface area (Å²) in [5, 5.41) is 3.41. The van der Waals surface area contributed by atoms with Crippen LogP contribution < -0.4 is 10.1 Å². The van der Waals surface area contributed by atoms with Crippen molar-refractivity contribution in [3.05, 3.63) is 29.8 Å². The summed E-state index contributed by atoms with van der Waals surface area (Å²) in [5.41, 5.74) is 1.36. The molecule has 0 radical (unpaired) electrons. The fraction of sp³-hybridized carbons (Fsp3) is 0.538. The average Bonchev–Trinajstić information content (AvgIpc) is 2.33. The molecule has 2 rings (SSSR count). The number of ether oxygens (including phenoxy) is 1. The zero-order valence-electron chi connectivity index (χ0n) is 10.1. The van der Waals surface area contributed by atoms with Crippen LogP contribution in [-0.2, 0) is 6.54 Å². The summed E-state index contributed by atoms with van der Waals surface area (Å²) in [6.45, 7) is 6.63. The summed E-state index contributed by atoms with van der Waals surface area (Å²) < 4.78 is 5.16. The van der Waals surface area contributed by atoms with Crippen LogP contribution >= 0.6 is 0 Å². The van der Waals surface area contributed by atoms with Crippen molar-refractivity contribution < 1.29 is 4.74 Å². The van der Waals surface area contributed by atoms with Gasteiger partial charge in [-0.1, -0.05) is 12.1 Å². The fourth-order valence-electron chi connectivity index (χ4n) is 2.08. The molecule has 88 valence electrons. The number of hydrogen-bond donors (Lipinski definition) is 1. The van der Waals surface area contributed by atoms with Gasteiger partial charge < -0.3 is 10.1 Å². The SMILES string of the molecule is COc1ccc(CN2CCNCC2C)cc1. The van der Waals surface area contributed by atoms with Crippen molar-refractivity contribution in [3.63, 3.8) is 0 Å². The zero-order valence-corrected chi connectivity index (χ0v) is 10.1. The highest BCUT2D eigenvalue weighted by Gasteiger charge is 2.17. The van der Waals surface area contributed by atoms with Gasteiger partial charge in [-0.2, -0.15) is 0 Å². The maximum Gasteiger partial charge on any atom is 0.118 e. The molecule has 0 bridgehead atoms. The Hall–Kier alpha value is -1.06. The maximum absolute atomic E-state index is 5.16. The van der Waals surface area contributed by atoms with Crippen LogP contribution in [0.15, 0.2) is 24.3 Å². The van der Waals surface area contributed by atoms with Gasteiger partial charge in [0.25, 0.3) is 0 Å². The Labute approximate surface area is 97.4 Å². The van der Waals surface area contributed by atoms with Crippen molar-refractivity contribution in [1.82, 2.24) is 10.2 Å². The minimum atomic E-state index is 0.621. The van der Waals surface area contributed by atoms with Gasteiger partial charge >= 0.3 is 0 Å². The number of rotatable bonds is 3. The standard InChI is InChI=1S/C13H20N2O/c1-11-9-14-7-8-15(11)10-12-3-5-13(16-2)6-4-12/h3-6,11,14H,7-10H2,1-2H3. The lowest BCUT2D eigenvalue weighted by Gasteiger charge is -2.33. The highest BCUT2D eigenvalue weighted by Crippen LogP contribution is 2.14. The lowest BCUT2D eigenvalue weighted by molar-refractivity contribution is 0.165. The Bertz CT molecular complexity index is 323. The largest absolute Gasteiger partial charge is 0.497 e. The molecule has 1 aliphatic heterocycles. The summed E-state index contributed by atoms with van der Waals surface area (Å²) in [7, 11) is 1.70. The van der Waals surface area contributed by atoms with Crippen LogP contribution in [-0.4, -0.2) is 37.7 Å². The van der Waals surface area contributed by atoms with Crippen LogP contribution in [0.1, 0.15) is 12.5 Å². The van der Waals surface area contributed by atoms with Gasteiger partial charge in [-0.05, 0) is 24.6 Å². The van der Waals surface area contributed by atoms with E-state index in [0.29, 0.717) is 6.04 Å². The molecule has 0 aromatic heterocycles. The molecule has 0 spiro atoms. The van der Waals surface area contributed by atoms with E-state index in [0.717, 1.165) is 31.9 Å². The van der Waals surface area contributed by atoms with Crippen molar-refractivity contribution in [3.8, 4) is 5.75 Å². The van der Waals surface area contributed by atoms with Gasteiger partial charge in [-0.3, -0.25) is 4.90 Å². The van der Waals surface area contributed by atoms with E-state index in [2.05, 4.69) is 29.3 Å². The van der Waals surface area contributed by atoms with E-state index in [1.807, 2.05) is 12.1 Å². The molecule has 1 heterocycles. The Kier molecular flexibility index (Phi) is 3.80. The highest BCUT2D eigenvalue weighted by atomic mass is 16.5. The minimum Gasteiger partial charge on any atom is -0.497 e. The normalized spacial score (nSPS) is 22.0. The van der Waals surface area contributed by atoms with E-state index < -0.39 is 0 Å². The Morgan fingerprint density at radius 2 is 2.12 bits per heavy atom. The van der Waals surface area contributed by atoms with Gasteiger partial charge in [-0.15, -0.1) is 0 Å². The predicted molar refractivity (Wildman–Crippen MR) is 65.7 cm³/mol. The van der Waals surface area contributed by atoms with Crippen molar-refractivity contribution in [2.45, 2.75) is 19.5 Å². The minimum absolute atomic E-state index is 0.621. The molecule has 1 aromatic rings. The molecule has 0 amide bonds. The van der Waals surface area contributed by atoms with Crippen LogP contribution in [0, 0.1) is 0 Å². The molecule has 1 N–H and O–H groups in total. The quantitative estimate of drug-likeness (QED) is 0.835. The topological polar surface area (TPSA) is 24.5 Å². The summed E-state index contributed by atoms with van der Waals surface area (Å²) in [4.78, 5) is 2.51. The molecule has 0 aliphatic carbocycles. The number of nitrogens with one attached hydrogen (secondary N) is 1. The first-order valence-electron chi connectivity index (χ1n) is 5.87. The van der Waals surface area contributed by atoms with Gasteiger partial charge in [0.15, 0.2) is 0 Å². The smallest absolute Gasteiger partial charge is 0.118 e. The molecular weight excluding hydrogens is 200 g/mol. The van der Waals surface area contributed by atoms with Crippen molar-refractivity contribution in [2.24, 2.45) is 0 Å². The van der Waals surface area contributed by atoms with Crippen molar-refractivity contribution in [2.75, 3.05) is 26.7 Å². The van der Waals surface area contributed by atoms with Crippen molar-refractivity contribution >= 4 is 0 Å². The fourth-order valence-corrected chi connectivity index (χ4v) is 2.08. The number of methoxy groups -OCH3 is 1. The van der Waals surface area contributed by atoms with Crippen LogP contribution in [0.4, 0.5) is 0 Å². The molecule has 16 heavy (non-hydrogen) atoms. The van der Waals surface area contributed by atoms with Crippen LogP contribution in [0.2, 0.25) is 0 Å². The molecule has 1 saturated heterocycles. The Morgan fingerprint density at radius 1 is 1.38 bits per heavy atom. The average molecular weight is 220 g/mol. The second-order valence-electron chi connectivity index (χ2n) is 4.37. The third kappa shape index (κ3) is 2.74. The maximum atomic E-state index is 5.16. The number of hydrogen-bond acceptors (Lipinski definition) is 3. The first-order chi connectivity index (χ1) is 7.79. The summed E-state index contributed by atoms with van der Waals surface area (Å²) in [6.07, 6.45) is 0. The number of piperazine rings is 1. The molecule has 1 aliphatic rings. The predicted octanol–water partition coefficient (Wildman–Crippen LogP) is 1.49. The van der Waals surface area contributed by atoms with Crippen LogP contribution in [0.3, 0.4) is 0 Å². The summed E-state index contributed by atoms with van der Waals surface area (Å²) in [5.74, 6) is 0.928. The van der Waals surface area contributed by atoms with Crippen molar-refractivity contribution in [1.29, 1.82) is 0 Å². The molecule has 1 aromatic carbocycles. The van der Waals surface area contributed by atoms with E-state index in [1.165, 1.54) is 5.56 Å². The first kappa shape index (κ1) is 11.4. The molecule has 1 atom stereocenters. The molecule has 0 saturated carbocycles. The lowest BCUT2D eigenvalue weighted by Crippen LogP contribution is -2.49. The van der Waals surface area contributed by atoms with Gasteiger partial charge in [0.1, 0.15) is 5.75 Å². The van der Waals surface area contributed by atoms with E-state index in [4.69, 9.17) is 4.74 Å². The van der Waals surface area contributed by atoms with E-state index in [1.54, 1.807) is 7.11 Å². The summed E-state index contributed by atoms with van der Waals surface area (Å²) in [6, 6.07) is 8.97. The third-order valence-electron chi connectivity index (χ3n) is 3.18. The summed E-state index contributed by atoms with van der Waals surface area (Å²) >= 11 is 0. The van der Waals surface area contributed by atoms with Crippen LogP contribution in [0.5, 0.6) is 5.75 Å². The molecule has 1 unspecified atom stereocenters. The zero-order chi connectivity index (χ0) is 11.4. The number of benzene rings is 1. The monoisotopic (exact) mass is 220 g/mol. The van der Waals surface area contributed by atoms with Gasteiger partial charge in [0.05, 0.1) is 7.11 Å². The lowest BCUT2D eigenvalue weighted by atomic mass is 10.1. The molecule has 3 heteroatoms. The third-order valence-corrected chi connectivity index (χ3v) is 3.18. The van der Waals surface area contributed by atoms with Gasteiger partial charge in [-0.25, -0.2) is 0 Å².